The summed E-state index contributed by atoms with van der Waals surface area (Å²) in [7, 11) is 0. The molecule has 2 heterocycles. The third kappa shape index (κ3) is 3.63. The van der Waals surface area contributed by atoms with Crippen molar-refractivity contribution in [2.24, 2.45) is 0 Å². The summed E-state index contributed by atoms with van der Waals surface area (Å²) in [5.41, 5.74) is 0.925. The highest BCUT2D eigenvalue weighted by atomic mass is 16.5. The van der Waals surface area contributed by atoms with Gasteiger partial charge in [0.1, 0.15) is 6.04 Å². The molecule has 3 rings (SSSR count). The molecule has 1 aromatic carbocycles. The number of hydrogen-bond acceptors (Lipinski definition) is 6. The van der Waals surface area contributed by atoms with Crippen LogP contribution in [0, 0.1) is 5.21 Å². The van der Waals surface area contributed by atoms with Crippen LogP contribution in [0.25, 0.3) is 0 Å². The van der Waals surface area contributed by atoms with Crippen LogP contribution in [0.4, 0.5) is 5.69 Å². The number of nitrogens with one attached hydrogen (secondary N) is 1. The minimum atomic E-state index is -1.04. The van der Waals surface area contributed by atoms with Gasteiger partial charge < -0.3 is 20.7 Å². The molecule has 9 nitrogen and oxygen atoms in total. The molecule has 1 saturated heterocycles. The minimum Gasteiger partial charge on any atom is -0.756 e. The van der Waals surface area contributed by atoms with Gasteiger partial charge in [-0.25, -0.2) is 0 Å². The quantitative estimate of drug-likeness (QED) is 0.520. The summed E-state index contributed by atoms with van der Waals surface area (Å²) in [6.45, 7) is 0.493. The normalized spacial score (nSPS) is 19.0. The smallest absolute Gasteiger partial charge is 0.303 e. The summed E-state index contributed by atoms with van der Waals surface area (Å²) >= 11 is 0. The molecule has 0 radical (unpaired) electrons. The van der Waals surface area contributed by atoms with E-state index in [1.807, 2.05) is 0 Å². The first kappa shape index (κ1) is 18.8. The van der Waals surface area contributed by atoms with E-state index < -0.39 is 29.7 Å². The van der Waals surface area contributed by atoms with Crippen molar-refractivity contribution in [1.82, 2.24) is 9.96 Å². The van der Waals surface area contributed by atoms with Gasteiger partial charge in [-0.05, 0) is 31.4 Å². The standard InChI is InChI=1S/C18H20N3O6/c22-14(23)7-2-1-3-9-19-12-6-4-5-11-15(12)18(26)21(16(11)24)13-8-10-20(27)17(13)25/h4-6,13,19H,1-3,7-10H2,(H,22,23)/q-1. The number of amides is 3. The lowest BCUT2D eigenvalue weighted by Crippen LogP contribution is -2.44. The van der Waals surface area contributed by atoms with E-state index >= 15 is 0 Å². The van der Waals surface area contributed by atoms with Crippen LogP contribution >= 0.6 is 0 Å². The number of aliphatic carboxylic acids is 1. The van der Waals surface area contributed by atoms with Crippen molar-refractivity contribution in [2.75, 3.05) is 18.4 Å². The predicted molar refractivity (Wildman–Crippen MR) is 95.0 cm³/mol. The second-order valence-electron chi connectivity index (χ2n) is 6.58. The van der Waals surface area contributed by atoms with Crippen molar-refractivity contribution >= 4 is 29.4 Å². The number of carboxylic acid groups (broad SMARTS) is 1. The van der Waals surface area contributed by atoms with Crippen LogP contribution in [0.15, 0.2) is 18.2 Å². The highest BCUT2D eigenvalue weighted by Crippen LogP contribution is 2.33. The Labute approximate surface area is 155 Å². The van der Waals surface area contributed by atoms with Crippen molar-refractivity contribution in [2.45, 2.75) is 38.1 Å². The zero-order valence-electron chi connectivity index (χ0n) is 14.6. The molecule has 0 aliphatic carbocycles. The second-order valence-corrected chi connectivity index (χ2v) is 6.58. The zero-order valence-corrected chi connectivity index (χ0v) is 14.6. The van der Waals surface area contributed by atoms with Gasteiger partial charge in [0.25, 0.3) is 11.8 Å². The molecular weight excluding hydrogens is 354 g/mol. The van der Waals surface area contributed by atoms with Gasteiger partial charge in [0, 0.05) is 25.2 Å². The molecule has 1 unspecified atom stereocenters. The van der Waals surface area contributed by atoms with E-state index in [2.05, 4.69) is 5.32 Å². The highest BCUT2D eigenvalue weighted by Gasteiger charge is 2.45. The van der Waals surface area contributed by atoms with Crippen LogP contribution in [0.3, 0.4) is 0 Å². The van der Waals surface area contributed by atoms with E-state index in [0.717, 1.165) is 17.7 Å². The Hall–Kier alpha value is -2.94. The van der Waals surface area contributed by atoms with Gasteiger partial charge in [0.2, 0.25) is 5.91 Å². The van der Waals surface area contributed by atoms with Crippen molar-refractivity contribution in [1.29, 1.82) is 0 Å². The summed E-state index contributed by atoms with van der Waals surface area (Å²) in [4.78, 5) is 48.8. The number of unbranched alkanes of at least 4 members (excludes halogenated alkanes) is 2. The Morgan fingerprint density at radius 1 is 1.19 bits per heavy atom. The molecule has 9 heteroatoms. The first-order chi connectivity index (χ1) is 12.9. The number of imide groups is 1. The van der Waals surface area contributed by atoms with Crippen LogP contribution in [-0.4, -0.2) is 57.9 Å². The molecule has 1 fully saturated rings. The van der Waals surface area contributed by atoms with Crippen LogP contribution < -0.4 is 5.32 Å². The van der Waals surface area contributed by atoms with Crippen LogP contribution in [0.5, 0.6) is 0 Å². The molecule has 0 spiro atoms. The summed E-state index contributed by atoms with van der Waals surface area (Å²) in [5, 5.41) is 23.4. The molecule has 0 bridgehead atoms. The van der Waals surface area contributed by atoms with Gasteiger partial charge in [-0.2, -0.15) is 0 Å². The van der Waals surface area contributed by atoms with E-state index in [1.165, 1.54) is 6.07 Å². The largest absolute Gasteiger partial charge is 0.756 e. The Balaban J connectivity index is 1.68. The number of carbonyl (C=O) groups is 4. The molecule has 0 saturated carbocycles. The van der Waals surface area contributed by atoms with Crippen LogP contribution in [0.1, 0.15) is 52.8 Å². The van der Waals surface area contributed by atoms with Crippen LogP contribution in [-0.2, 0) is 9.59 Å². The third-order valence-electron chi connectivity index (χ3n) is 4.78. The van der Waals surface area contributed by atoms with Crippen LogP contribution in [0.2, 0.25) is 0 Å². The average Bonchev–Trinajstić information content (AvgIpc) is 3.09. The Bertz CT molecular complexity index is 793. The maximum Gasteiger partial charge on any atom is 0.303 e. The predicted octanol–water partition coefficient (Wildman–Crippen LogP) is 1.44. The lowest BCUT2D eigenvalue weighted by Gasteiger charge is -2.24. The van der Waals surface area contributed by atoms with Crippen molar-refractivity contribution in [3.05, 3.63) is 34.5 Å². The van der Waals surface area contributed by atoms with Crippen molar-refractivity contribution in [3.8, 4) is 0 Å². The van der Waals surface area contributed by atoms with E-state index in [9.17, 15) is 24.4 Å². The number of hydrogen-bond donors (Lipinski definition) is 2. The SMILES string of the molecule is O=C(O)CCCCCNc1cccc2c1C(=O)N(C1CCN([O-])C1=O)C2=O. The van der Waals surface area contributed by atoms with E-state index in [0.29, 0.717) is 18.7 Å². The minimum absolute atomic E-state index is 0.0294. The van der Waals surface area contributed by atoms with Gasteiger partial charge in [0.15, 0.2) is 0 Å². The average molecular weight is 374 g/mol. The van der Waals surface area contributed by atoms with Gasteiger partial charge in [-0.3, -0.25) is 24.1 Å². The first-order valence-corrected chi connectivity index (χ1v) is 8.87. The van der Waals surface area contributed by atoms with Crippen molar-refractivity contribution in [3.63, 3.8) is 0 Å². The number of rotatable bonds is 8. The van der Waals surface area contributed by atoms with E-state index in [4.69, 9.17) is 5.11 Å². The van der Waals surface area contributed by atoms with E-state index in [-0.39, 0.29) is 35.6 Å². The summed E-state index contributed by atoms with van der Waals surface area (Å²) in [6.07, 6.45) is 2.28. The van der Waals surface area contributed by atoms with Gasteiger partial charge in [-0.15, -0.1) is 0 Å². The number of benzene rings is 1. The summed E-state index contributed by atoms with van der Waals surface area (Å²) < 4.78 is 0. The molecule has 1 aromatic rings. The molecule has 2 aliphatic rings. The fourth-order valence-electron chi connectivity index (χ4n) is 3.41. The monoisotopic (exact) mass is 374 g/mol. The molecule has 1 atom stereocenters. The summed E-state index contributed by atoms with van der Waals surface area (Å²) in [6, 6.07) is 3.82. The Morgan fingerprint density at radius 2 is 1.96 bits per heavy atom. The van der Waals surface area contributed by atoms with E-state index in [1.54, 1.807) is 12.1 Å². The van der Waals surface area contributed by atoms with Gasteiger partial charge in [0.05, 0.1) is 11.1 Å². The van der Waals surface area contributed by atoms with Crippen molar-refractivity contribution < 1.29 is 24.3 Å². The maximum atomic E-state index is 12.8. The van der Waals surface area contributed by atoms with Gasteiger partial charge in [-0.1, -0.05) is 12.5 Å². The molecule has 2 aliphatic heterocycles. The number of hydroxylamine groups is 2. The number of carbonyl (C=O) groups excluding carboxylic acids is 3. The molecule has 0 aromatic heterocycles. The fraction of sp³-hybridized carbons (Fsp3) is 0.444. The third-order valence-corrected chi connectivity index (χ3v) is 4.78. The number of nitrogens with zero attached hydrogens (tertiary/aromatic N) is 2. The summed E-state index contributed by atoms with van der Waals surface area (Å²) in [5.74, 6) is -2.73. The Kier molecular flexibility index (Phi) is 5.41. The van der Waals surface area contributed by atoms with Gasteiger partial charge >= 0.3 is 5.97 Å². The number of carboxylic acids is 1. The number of fused-ring (bicyclic) bond motifs is 1. The molecule has 144 valence electrons. The second kappa shape index (κ2) is 7.75. The molecule has 3 amide bonds. The maximum absolute atomic E-state index is 12.8. The lowest BCUT2D eigenvalue weighted by molar-refractivity contribution is -0.137. The Morgan fingerprint density at radius 3 is 2.63 bits per heavy atom. The first-order valence-electron chi connectivity index (χ1n) is 8.87. The molecule has 2 N–H and O–H groups in total. The zero-order chi connectivity index (χ0) is 19.6. The molecular formula is C18H20N3O6-. The fourth-order valence-corrected chi connectivity index (χ4v) is 3.41. The molecule has 27 heavy (non-hydrogen) atoms. The topological polar surface area (TPSA) is 130 Å². The lowest BCUT2D eigenvalue weighted by atomic mass is 10.1. The highest BCUT2D eigenvalue weighted by molar-refractivity contribution is 6.25. The number of anilines is 1.